The molecule has 0 aliphatic rings. The highest BCUT2D eigenvalue weighted by atomic mass is 19.1. The van der Waals surface area contributed by atoms with Gasteiger partial charge in [0.05, 0.1) is 5.57 Å². The van der Waals surface area contributed by atoms with E-state index in [0.29, 0.717) is 5.57 Å². The lowest BCUT2D eigenvalue weighted by atomic mass is 10.2. The van der Waals surface area contributed by atoms with E-state index >= 15 is 0 Å². The summed E-state index contributed by atoms with van der Waals surface area (Å²) in [4.78, 5) is 0. The summed E-state index contributed by atoms with van der Waals surface area (Å²) in [7, 11) is 0. The molecule has 0 unspecified atom stereocenters. The van der Waals surface area contributed by atoms with Crippen LogP contribution >= 0.6 is 0 Å². The van der Waals surface area contributed by atoms with Crippen LogP contribution in [0, 0.1) is 12.3 Å². The maximum atomic E-state index is 12.3. The van der Waals surface area contributed by atoms with Crippen molar-refractivity contribution in [1.82, 2.24) is 0 Å². The van der Waals surface area contributed by atoms with Crippen LogP contribution in [0.2, 0.25) is 0 Å². The van der Waals surface area contributed by atoms with Crippen molar-refractivity contribution in [2.24, 2.45) is 0 Å². The van der Waals surface area contributed by atoms with Gasteiger partial charge in [-0.05, 0) is 13.0 Å². The first-order valence-corrected chi connectivity index (χ1v) is 2.76. The lowest BCUT2D eigenvalue weighted by Crippen LogP contribution is -1.77. The molecular formula is C9H9F. The number of halogens is 1. The normalized spacial score (nSPS) is 10.3. The molecule has 0 amide bonds. The van der Waals surface area contributed by atoms with Crippen LogP contribution < -0.4 is 0 Å². The molecule has 0 aromatic rings. The van der Waals surface area contributed by atoms with E-state index in [4.69, 9.17) is 6.42 Å². The Morgan fingerprint density at radius 2 is 2.10 bits per heavy atom. The minimum atomic E-state index is -0.592. The SMILES string of the molecule is C#C/C(=C/C(=C)C)C(=C)F. The number of allylic oxidation sites excluding steroid dienone is 4. The minimum Gasteiger partial charge on any atom is -0.206 e. The van der Waals surface area contributed by atoms with Crippen molar-refractivity contribution in [2.45, 2.75) is 6.92 Å². The molecule has 52 valence electrons. The van der Waals surface area contributed by atoms with Gasteiger partial charge in [-0.25, -0.2) is 4.39 Å². The van der Waals surface area contributed by atoms with E-state index in [2.05, 4.69) is 19.1 Å². The second kappa shape index (κ2) is 3.68. The largest absolute Gasteiger partial charge is 0.206 e. The molecular weight excluding hydrogens is 127 g/mol. The van der Waals surface area contributed by atoms with Crippen LogP contribution in [0.5, 0.6) is 0 Å². The number of rotatable bonds is 2. The van der Waals surface area contributed by atoms with Gasteiger partial charge in [0, 0.05) is 0 Å². The Morgan fingerprint density at radius 1 is 1.60 bits per heavy atom. The molecule has 0 N–H and O–H groups in total. The third kappa shape index (κ3) is 2.88. The monoisotopic (exact) mass is 136 g/mol. The fraction of sp³-hybridized carbons (Fsp3) is 0.111. The molecule has 0 aromatic carbocycles. The molecule has 0 fully saturated rings. The highest BCUT2D eigenvalue weighted by Gasteiger charge is 1.94. The Labute approximate surface area is 60.8 Å². The van der Waals surface area contributed by atoms with Crippen molar-refractivity contribution in [3.8, 4) is 12.3 Å². The van der Waals surface area contributed by atoms with E-state index < -0.39 is 5.83 Å². The average Bonchev–Trinajstić information content (AvgIpc) is 1.81. The Balaban J connectivity index is 4.55. The van der Waals surface area contributed by atoms with Gasteiger partial charge in [0.15, 0.2) is 0 Å². The van der Waals surface area contributed by atoms with Crippen molar-refractivity contribution in [2.75, 3.05) is 0 Å². The summed E-state index contributed by atoms with van der Waals surface area (Å²) in [6.45, 7) is 8.34. The zero-order valence-electron chi connectivity index (χ0n) is 5.95. The molecule has 0 rings (SSSR count). The van der Waals surface area contributed by atoms with Gasteiger partial charge in [0.2, 0.25) is 0 Å². The molecule has 0 saturated heterocycles. The van der Waals surface area contributed by atoms with Crippen molar-refractivity contribution in [1.29, 1.82) is 0 Å². The summed E-state index contributed by atoms with van der Waals surface area (Å²) >= 11 is 0. The Bertz CT molecular complexity index is 226. The van der Waals surface area contributed by atoms with Crippen LogP contribution in [0.3, 0.4) is 0 Å². The van der Waals surface area contributed by atoms with Crippen molar-refractivity contribution < 1.29 is 4.39 Å². The smallest absolute Gasteiger partial charge is 0.131 e. The van der Waals surface area contributed by atoms with E-state index in [1.165, 1.54) is 6.08 Å². The zero-order chi connectivity index (χ0) is 8.15. The van der Waals surface area contributed by atoms with Crippen molar-refractivity contribution in [3.05, 3.63) is 36.2 Å². The van der Waals surface area contributed by atoms with Gasteiger partial charge >= 0.3 is 0 Å². The molecule has 0 atom stereocenters. The second-order valence-corrected chi connectivity index (χ2v) is 1.95. The van der Waals surface area contributed by atoms with Crippen LogP contribution in [0.15, 0.2) is 36.2 Å². The van der Waals surface area contributed by atoms with E-state index in [0.717, 1.165) is 0 Å². The average molecular weight is 136 g/mol. The first kappa shape index (κ1) is 8.71. The van der Waals surface area contributed by atoms with E-state index in [-0.39, 0.29) is 5.57 Å². The molecule has 0 bridgehead atoms. The zero-order valence-corrected chi connectivity index (χ0v) is 5.95. The first-order chi connectivity index (χ1) is 4.57. The van der Waals surface area contributed by atoms with E-state index in [1.807, 2.05) is 0 Å². The predicted octanol–water partition coefficient (Wildman–Crippen LogP) is 2.61. The second-order valence-electron chi connectivity index (χ2n) is 1.95. The van der Waals surface area contributed by atoms with Gasteiger partial charge in [-0.1, -0.05) is 24.7 Å². The lowest BCUT2D eigenvalue weighted by molar-refractivity contribution is 0.663. The molecule has 0 saturated carbocycles. The Morgan fingerprint density at radius 3 is 2.20 bits per heavy atom. The highest BCUT2D eigenvalue weighted by Crippen LogP contribution is 2.09. The molecule has 0 aliphatic heterocycles. The third-order valence-electron chi connectivity index (χ3n) is 0.838. The van der Waals surface area contributed by atoms with E-state index in [9.17, 15) is 4.39 Å². The highest BCUT2D eigenvalue weighted by molar-refractivity contribution is 5.42. The number of terminal acetylenes is 1. The van der Waals surface area contributed by atoms with Crippen molar-refractivity contribution in [3.63, 3.8) is 0 Å². The topological polar surface area (TPSA) is 0 Å². The fourth-order valence-electron chi connectivity index (χ4n) is 0.445. The van der Waals surface area contributed by atoms with Gasteiger partial charge < -0.3 is 0 Å². The Hall–Kier alpha value is -1.29. The molecule has 0 heterocycles. The summed E-state index contributed by atoms with van der Waals surface area (Å²) in [5, 5.41) is 0. The summed E-state index contributed by atoms with van der Waals surface area (Å²) in [5.41, 5.74) is 0.874. The van der Waals surface area contributed by atoms with Crippen LogP contribution in [-0.2, 0) is 0 Å². The molecule has 0 radical (unpaired) electrons. The van der Waals surface area contributed by atoms with Crippen LogP contribution in [0.4, 0.5) is 4.39 Å². The maximum absolute atomic E-state index is 12.3. The van der Waals surface area contributed by atoms with Gasteiger partial charge in [0.1, 0.15) is 5.83 Å². The quantitative estimate of drug-likeness (QED) is 0.404. The predicted molar refractivity (Wildman–Crippen MR) is 42.0 cm³/mol. The standard InChI is InChI=1S/C9H9F/c1-5-9(8(4)10)6-7(2)3/h1,6H,2,4H2,3H3/b9-6-. The molecule has 0 aromatic heterocycles. The van der Waals surface area contributed by atoms with Gasteiger partial charge in [-0.2, -0.15) is 0 Å². The lowest BCUT2D eigenvalue weighted by Gasteiger charge is -1.92. The Kier molecular flexibility index (Phi) is 3.21. The maximum Gasteiger partial charge on any atom is 0.131 e. The van der Waals surface area contributed by atoms with Gasteiger partial charge in [0.25, 0.3) is 0 Å². The first-order valence-electron chi connectivity index (χ1n) is 2.76. The van der Waals surface area contributed by atoms with Gasteiger partial charge in [-0.15, -0.1) is 6.42 Å². The van der Waals surface area contributed by atoms with E-state index in [1.54, 1.807) is 6.92 Å². The number of hydrogen-bond donors (Lipinski definition) is 0. The van der Waals surface area contributed by atoms with Crippen molar-refractivity contribution >= 4 is 0 Å². The molecule has 10 heavy (non-hydrogen) atoms. The summed E-state index contributed by atoms with van der Waals surface area (Å²) in [6.07, 6.45) is 6.44. The van der Waals surface area contributed by atoms with Crippen LogP contribution in [0.1, 0.15) is 6.92 Å². The summed E-state index contributed by atoms with van der Waals surface area (Å²) < 4.78 is 12.3. The summed E-state index contributed by atoms with van der Waals surface area (Å²) in [5.74, 6) is 1.57. The van der Waals surface area contributed by atoms with Gasteiger partial charge in [-0.3, -0.25) is 0 Å². The molecule has 1 heteroatoms. The molecule has 0 aliphatic carbocycles. The van der Waals surface area contributed by atoms with Crippen LogP contribution in [-0.4, -0.2) is 0 Å². The van der Waals surface area contributed by atoms with Crippen LogP contribution in [0.25, 0.3) is 0 Å². The minimum absolute atomic E-state index is 0.160. The third-order valence-corrected chi connectivity index (χ3v) is 0.838. The number of hydrogen-bond acceptors (Lipinski definition) is 0. The summed E-state index contributed by atoms with van der Waals surface area (Å²) in [6, 6.07) is 0. The molecule has 0 nitrogen and oxygen atoms in total. The fourth-order valence-corrected chi connectivity index (χ4v) is 0.445. The molecule has 0 spiro atoms.